The lowest BCUT2D eigenvalue weighted by molar-refractivity contribution is -0.148. The Morgan fingerprint density at radius 1 is 1.22 bits per heavy atom. The summed E-state index contributed by atoms with van der Waals surface area (Å²) < 4.78 is 32.9. The van der Waals surface area contributed by atoms with Crippen LogP contribution >= 0.6 is 0 Å². The van der Waals surface area contributed by atoms with Crippen molar-refractivity contribution in [3.05, 3.63) is 29.8 Å². The first-order chi connectivity index (χ1) is 12.6. The molecule has 1 aliphatic carbocycles. The summed E-state index contributed by atoms with van der Waals surface area (Å²) in [6.45, 7) is 4.11. The van der Waals surface area contributed by atoms with E-state index in [0.717, 1.165) is 6.42 Å². The smallest absolute Gasteiger partial charge is 0.329 e. The van der Waals surface area contributed by atoms with Gasteiger partial charge in [-0.15, -0.1) is 0 Å². The second-order valence-corrected chi connectivity index (χ2v) is 9.24. The van der Waals surface area contributed by atoms with Crippen molar-refractivity contribution in [2.45, 2.75) is 55.8 Å². The molecular weight excluding hydrogens is 372 g/mol. The van der Waals surface area contributed by atoms with Crippen molar-refractivity contribution in [2.75, 3.05) is 13.1 Å². The summed E-state index contributed by atoms with van der Waals surface area (Å²) in [5.41, 5.74) is -1.13. The van der Waals surface area contributed by atoms with Gasteiger partial charge in [0.15, 0.2) is 0 Å². The second kappa shape index (κ2) is 7.21. The van der Waals surface area contributed by atoms with E-state index in [1.54, 1.807) is 0 Å². The van der Waals surface area contributed by atoms with Gasteiger partial charge in [0.05, 0.1) is 17.1 Å². The predicted molar refractivity (Wildman–Crippen MR) is 96.9 cm³/mol. The predicted octanol–water partition coefficient (Wildman–Crippen LogP) is 1.22. The normalized spacial score (nSPS) is 25.4. The van der Waals surface area contributed by atoms with Gasteiger partial charge in [-0.3, -0.25) is 4.79 Å². The molecule has 148 valence electrons. The van der Waals surface area contributed by atoms with Gasteiger partial charge in [0.25, 0.3) is 5.91 Å². The van der Waals surface area contributed by atoms with E-state index in [1.165, 1.54) is 28.6 Å². The van der Waals surface area contributed by atoms with Crippen LogP contribution < -0.4 is 5.32 Å². The van der Waals surface area contributed by atoms with Crippen molar-refractivity contribution in [1.29, 1.82) is 0 Å². The van der Waals surface area contributed by atoms with E-state index in [1.807, 2.05) is 13.8 Å². The van der Waals surface area contributed by atoms with Gasteiger partial charge in [-0.25, -0.2) is 13.2 Å². The van der Waals surface area contributed by atoms with E-state index < -0.39 is 27.4 Å². The monoisotopic (exact) mass is 396 g/mol. The van der Waals surface area contributed by atoms with Gasteiger partial charge < -0.3 is 15.2 Å². The number of benzene rings is 1. The Balaban J connectivity index is 1.82. The number of nitrogens with zero attached hydrogens (tertiary/aromatic N) is 1. The highest BCUT2D eigenvalue weighted by molar-refractivity contribution is 7.89. The lowest BCUT2D eigenvalue weighted by Gasteiger charge is -2.38. The molecule has 0 bridgehead atoms. The zero-order chi connectivity index (χ0) is 19.8. The Kier molecular flexibility index (Phi) is 5.29. The summed E-state index contributed by atoms with van der Waals surface area (Å²) in [6.07, 6.45) is 1.03. The fraction of sp³-hybridized carbons (Fsp3) is 0.556. The topological polar surface area (TPSA) is 113 Å². The molecule has 1 aromatic carbocycles. The molecule has 9 heteroatoms. The van der Waals surface area contributed by atoms with Gasteiger partial charge in [0, 0.05) is 18.7 Å². The Bertz CT molecular complexity index is 839. The highest BCUT2D eigenvalue weighted by Crippen LogP contribution is 2.32. The third-order valence-electron chi connectivity index (χ3n) is 5.09. The lowest BCUT2D eigenvalue weighted by atomic mass is 9.76. The summed E-state index contributed by atoms with van der Waals surface area (Å²) in [7, 11) is -3.78. The van der Waals surface area contributed by atoms with E-state index in [0.29, 0.717) is 12.8 Å². The second-order valence-electron chi connectivity index (χ2n) is 7.30. The van der Waals surface area contributed by atoms with Crippen molar-refractivity contribution in [2.24, 2.45) is 0 Å². The number of morpholine rings is 1. The summed E-state index contributed by atoms with van der Waals surface area (Å²) in [5, 5.41) is 11.9. The third kappa shape index (κ3) is 3.85. The number of nitrogens with one attached hydrogen (secondary N) is 1. The number of amides is 1. The molecule has 1 heterocycles. The quantitative estimate of drug-likeness (QED) is 0.774. The van der Waals surface area contributed by atoms with Crippen LogP contribution in [0.15, 0.2) is 29.2 Å². The molecule has 1 aromatic rings. The van der Waals surface area contributed by atoms with Crippen LogP contribution in [0.2, 0.25) is 0 Å². The van der Waals surface area contributed by atoms with Gasteiger partial charge in [-0.2, -0.15) is 4.31 Å². The minimum Gasteiger partial charge on any atom is -0.480 e. The van der Waals surface area contributed by atoms with Gasteiger partial charge >= 0.3 is 5.97 Å². The van der Waals surface area contributed by atoms with Crippen LogP contribution in [0.5, 0.6) is 0 Å². The molecule has 1 amide bonds. The molecule has 2 atom stereocenters. The van der Waals surface area contributed by atoms with E-state index in [9.17, 15) is 23.1 Å². The minimum absolute atomic E-state index is 0.00874. The fourth-order valence-corrected chi connectivity index (χ4v) is 5.12. The summed E-state index contributed by atoms with van der Waals surface area (Å²) >= 11 is 0. The van der Waals surface area contributed by atoms with Gasteiger partial charge in [0.1, 0.15) is 5.54 Å². The molecule has 3 rings (SSSR count). The Hall–Kier alpha value is -1.97. The first-order valence-electron chi connectivity index (χ1n) is 8.96. The Morgan fingerprint density at radius 3 is 2.37 bits per heavy atom. The average molecular weight is 396 g/mol. The molecule has 0 spiro atoms. The maximum absolute atomic E-state index is 13.0. The van der Waals surface area contributed by atoms with Crippen molar-refractivity contribution in [3.63, 3.8) is 0 Å². The number of ether oxygens (including phenoxy) is 1. The van der Waals surface area contributed by atoms with Crippen molar-refractivity contribution >= 4 is 21.9 Å². The Morgan fingerprint density at radius 2 is 1.85 bits per heavy atom. The maximum Gasteiger partial charge on any atom is 0.329 e. The van der Waals surface area contributed by atoms with Crippen LogP contribution in [-0.4, -0.2) is 60.5 Å². The average Bonchev–Trinajstić information content (AvgIpc) is 2.56. The maximum atomic E-state index is 13.0. The third-order valence-corrected chi connectivity index (χ3v) is 6.92. The number of hydrogen-bond acceptors (Lipinski definition) is 5. The molecule has 2 fully saturated rings. The number of aliphatic carboxylic acids is 1. The molecule has 0 aromatic heterocycles. The number of sulfonamides is 1. The van der Waals surface area contributed by atoms with Gasteiger partial charge in [0.2, 0.25) is 10.0 Å². The summed E-state index contributed by atoms with van der Waals surface area (Å²) in [5.74, 6) is -1.65. The van der Waals surface area contributed by atoms with Crippen molar-refractivity contribution in [1.82, 2.24) is 9.62 Å². The zero-order valence-corrected chi connectivity index (χ0v) is 16.2. The largest absolute Gasteiger partial charge is 0.480 e. The number of carboxylic acids is 1. The van der Waals surface area contributed by atoms with Crippen LogP contribution in [0.1, 0.15) is 43.5 Å². The van der Waals surface area contributed by atoms with Crippen molar-refractivity contribution in [3.8, 4) is 0 Å². The number of carbonyl (C=O) groups excluding carboxylic acids is 1. The molecule has 27 heavy (non-hydrogen) atoms. The molecule has 8 nitrogen and oxygen atoms in total. The van der Waals surface area contributed by atoms with Crippen LogP contribution in [0.25, 0.3) is 0 Å². The summed E-state index contributed by atoms with van der Waals surface area (Å²) in [4.78, 5) is 24.0. The van der Waals surface area contributed by atoms with Gasteiger partial charge in [-0.1, -0.05) is 6.07 Å². The van der Waals surface area contributed by atoms with Gasteiger partial charge in [-0.05, 0) is 51.3 Å². The molecular formula is C18H24N2O6S. The highest BCUT2D eigenvalue weighted by Gasteiger charge is 2.45. The zero-order valence-electron chi connectivity index (χ0n) is 15.3. The molecule has 2 unspecified atom stereocenters. The fourth-order valence-electron chi connectivity index (χ4n) is 3.49. The SMILES string of the molecule is CC1CN(S(=O)(=O)c2cccc(C(=O)NC3(C(=O)O)CCC3)c2)CC(C)O1. The van der Waals surface area contributed by atoms with E-state index in [4.69, 9.17) is 4.74 Å². The van der Waals surface area contributed by atoms with E-state index in [2.05, 4.69) is 5.32 Å². The lowest BCUT2D eigenvalue weighted by Crippen LogP contribution is -2.59. The van der Waals surface area contributed by atoms with Crippen molar-refractivity contribution < 1.29 is 27.9 Å². The first-order valence-corrected chi connectivity index (χ1v) is 10.4. The minimum atomic E-state index is -3.78. The van der Waals surface area contributed by atoms with Crippen LogP contribution in [-0.2, 0) is 19.6 Å². The number of hydrogen-bond donors (Lipinski definition) is 2. The number of rotatable bonds is 5. The van der Waals surface area contributed by atoms with Crippen LogP contribution in [0.4, 0.5) is 0 Å². The standard InChI is InChI=1S/C18H24N2O6S/c1-12-10-20(11-13(2)26-12)27(24,25)15-6-3-5-14(9-15)16(21)19-18(17(22)23)7-4-8-18/h3,5-6,9,12-13H,4,7-8,10-11H2,1-2H3,(H,19,21)(H,22,23). The molecule has 1 saturated heterocycles. The number of carbonyl (C=O) groups is 2. The number of carboxylic acid groups (broad SMARTS) is 1. The highest BCUT2D eigenvalue weighted by atomic mass is 32.2. The van der Waals surface area contributed by atoms with Crippen LogP contribution in [0.3, 0.4) is 0 Å². The molecule has 1 aliphatic heterocycles. The van der Waals surface area contributed by atoms with Crippen LogP contribution in [0, 0.1) is 0 Å². The molecule has 2 N–H and O–H groups in total. The van der Waals surface area contributed by atoms with E-state index in [-0.39, 0.29) is 35.8 Å². The summed E-state index contributed by atoms with van der Waals surface area (Å²) in [6, 6.07) is 5.70. The molecule has 0 radical (unpaired) electrons. The van der Waals surface area contributed by atoms with E-state index >= 15 is 0 Å². The first kappa shape index (κ1) is 19.8. The molecule has 1 saturated carbocycles. The molecule has 2 aliphatic rings. The Labute approximate surface area is 158 Å².